The molecule has 0 unspecified atom stereocenters. The third kappa shape index (κ3) is 5.11. The fourth-order valence-electron chi connectivity index (χ4n) is 3.65. The molecule has 1 saturated heterocycles. The average molecular weight is 386 g/mol. The van der Waals surface area contributed by atoms with E-state index in [1.165, 1.54) is 0 Å². The molecule has 7 heteroatoms. The molecule has 0 bridgehead atoms. The minimum atomic E-state index is -0.000272. The molecule has 7 nitrogen and oxygen atoms in total. The van der Waals surface area contributed by atoms with Gasteiger partial charge in [-0.3, -0.25) is 4.79 Å². The Morgan fingerprint density at radius 1 is 1.32 bits per heavy atom. The molecular weight excluding hydrogens is 356 g/mol. The molecule has 0 spiro atoms. The van der Waals surface area contributed by atoms with Gasteiger partial charge >= 0.3 is 0 Å². The number of likely N-dealkylation sites (tertiary alicyclic amines) is 1. The Morgan fingerprint density at radius 2 is 2.14 bits per heavy atom. The van der Waals surface area contributed by atoms with Gasteiger partial charge in [0.05, 0.1) is 19.6 Å². The molecule has 1 aromatic heterocycles. The molecule has 28 heavy (non-hydrogen) atoms. The molecule has 1 aliphatic rings. The largest absolute Gasteiger partial charge is 0.497 e. The van der Waals surface area contributed by atoms with E-state index in [-0.39, 0.29) is 11.8 Å². The Balaban J connectivity index is 1.57. The van der Waals surface area contributed by atoms with Gasteiger partial charge in [-0.1, -0.05) is 17.3 Å². The molecule has 0 radical (unpaired) electrons. The normalized spacial score (nSPS) is 20.8. The molecule has 1 amide bonds. The number of aromatic nitrogens is 1. The van der Waals surface area contributed by atoms with Crippen molar-refractivity contribution in [1.29, 1.82) is 0 Å². The van der Waals surface area contributed by atoms with Gasteiger partial charge in [-0.25, -0.2) is 0 Å². The minimum absolute atomic E-state index is 0.000272. The lowest BCUT2D eigenvalue weighted by Crippen LogP contribution is -2.39. The fraction of sp³-hybridized carbons (Fsp3) is 0.524. The molecule has 2 atom stereocenters. The molecule has 1 aliphatic heterocycles. The summed E-state index contributed by atoms with van der Waals surface area (Å²) < 4.78 is 10.7. The Kier molecular flexibility index (Phi) is 6.70. The quantitative estimate of drug-likeness (QED) is 0.821. The number of hydrogen-bond acceptors (Lipinski definition) is 6. The predicted octanol–water partition coefficient (Wildman–Crippen LogP) is 2.24. The highest BCUT2D eigenvalue weighted by Crippen LogP contribution is 2.24. The van der Waals surface area contributed by atoms with E-state index in [1.54, 1.807) is 7.11 Å². The second-order valence-electron chi connectivity index (χ2n) is 7.75. The van der Waals surface area contributed by atoms with Crippen molar-refractivity contribution in [2.45, 2.75) is 25.4 Å². The Hall–Kier alpha value is -2.38. The van der Waals surface area contributed by atoms with Gasteiger partial charge in [0.15, 0.2) is 5.76 Å². The first-order valence-corrected chi connectivity index (χ1v) is 9.69. The summed E-state index contributed by atoms with van der Waals surface area (Å²) in [6, 6.07) is 9.96. The van der Waals surface area contributed by atoms with E-state index in [0.29, 0.717) is 24.0 Å². The molecule has 0 aliphatic carbocycles. The molecule has 1 fully saturated rings. The molecule has 152 valence electrons. The van der Waals surface area contributed by atoms with Crippen molar-refractivity contribution in [2.75, 3.05) is 41.3 Å². The standard InChI is InChI=1S/C21H30N4O3/c1-24(2)18-9-8-16(13-25(3)14-18)21(26)22-12-17-11-20(28-23-17)15-6-5-7-19(10-15)27-4/h5-7,10-11,16,18H,8-9,12-14H2,1-4H3,(H,22,26)/t16-,18+/m1/s1. The molecule has 3 rings (SSSR count). The summed E-state index contributed by atoms with van der Waals surface area (Å²) in [4.78, 5) is 17.2. The zero-order valence-corrected chi connectivity index (χ0v) is 17.1. The molecular formula is C21H30N4O3. The number of amides is 1. The van der Waals surface area contributed by atoms with Crippen molar-refractivity contribution >= 4 is 5.91 Å². The van der Waals surface area contributed by atoms with Gasteiger partial charge in [0.1, 0.15) is 11.4 Å². The highest BCUT2D eigenvalue weighted by molar-refractivity contribution is 5.78. The lowest BCUT2D eigenvalue weighted by molar-refractivity contribution is -0.125. The van der Waals surface area contributed by atoms with Crippen LogP contribution < -0.4 is 10.1 Å². The number of hydrogen-bond donors (Lipinski definition) is 1. The maximum absolute atomic E-state index is 12.7. The van der Waals surface area contributed by atoms with Crippen LogP contribution >= 0.6 is 0 Å². The van der Waals surface area contributed by atoms with E-state index in [1.807, 2.05) is 30.3 Å². The van der Waals surface area contributed by atoms with Crippen LogP contribution in [0, 0.1) is 5.92 Å². The van der Waals surface area contributed by atoms with Gasteiger partial charge < -0.3 is 24.4 Å². The van der Waals surface area contributed by atoms with Crippen molar-refractivity contribution in [3.8, 4) is 17.1 Å². The third-order valence-corrected chi connectivity index (χ3v) is 5.36. The summed E-state index contributed by atoms with van der Waals surface area (Å²) in [5.41, 5.74) is 1.60. The number of carbonyl (C=O) groups is 1. The zero-order valence-electron chi connectivity index (χ0n) is 17.1. The highest BCUT2D eigenvalue weighted by atomic mass is 16.5. The molecule has 1 aromatic carbocycles. The first kappa shape index (κ1) is 20.4. The smallest absolute Gasteiger partial charge is 0.224 e. The second-order valence-corrected chi connectivity index (χ2v) is 7.75. The van der Waals surface area contributed by atoms with Gasteiger partial charge in [-0.05, 0) is 46.1 Å². The van der Waals surface area contributed by atoms with E-state index in [0.717, 1.165) is 37.2 Å². The summed E-state index contributed by atoms with van der Waals surface area (Å²) in [5.74, 6) is 1.50. The fourth-order valence-corrected chi connectivity index (χ4v) is 3.65. The summed E-state index contributed by atoms with van der Waals surface area (Å²) in [6.07, 6.45) is 1.92. The number of likely N-dealkylation sites (N-methyl/N-ethyl adjacent to an activating group) is 2. The maximum atomic E-state index is 12.7. The third-order valence-electron chi connectivity index (χ3n) is 5.36. The van der Waals surface area contributed by atoms with Crippen LogP contribution in [0.25, 0.3) is 11.3 Å². The van der Waals surface area contributed by atoms with Gasteiger partial charge in [0, 0.05) is 30.8 Å². The van der Waals surface area contributed by atoms with E-state index in [4.69, 9.17) is 9.26 Å². The number of methoxy groups -OCH3 is 1. The number of nitrogens with zero attached hydrogens (tertiary/aromatic N) is 3. The Morgan fingerprint density at radius 3 is 2.89 bits per heavy atom. The van der Waals surface area contributed by atoms with Crippen molar-refractivity contribution in [3.63, 3.8) is 0 Å². The van der Waals surface area contributed by atoms with Crippen LogP contribution in [-0.2, 0) is 11.3 Å². The molecule has 2 heterocycles. The Bertz CT molecular complexity index is 789. The maximum Gasteiger partial charge on any atom is 0.224 e. The number of ether oxygens (including phenoxy) is 1. The highest BCUT2D eigenvalue weighted by Gasteiger charge is 2.27. The first-order chi connectivity index (χ1) is 13.5. The van der Waals surface area contributed by atoms with Crippen molar-refractivity contribution < 1.29 is 14.1 Å². The van der Waals surface area contributed by atoms with Crippen LogP contribution in [0.15, 0.2) is 34.9 Å². The number of rotatable bonds is 6. The van der Waals surface area contributed by atoms with Crippen LogP contribution in [0.2, 0.25) is 0 Å². The molecule has 2 aromatic rings. The number of carbonyl (C=O) groups excluding carboxylic acids is 1. The van der Waals surface area contributed by atoms with Gasteiger partial charge in [0.2, 0.25) is 5.91 Å². The monoisotopic (exact) mass is 386 g/mol. The topological polar surface area (TPSA) is 70.8 Å². The van der Waals surface area contributed by atoms with E-state index < -0.39 is 0 Å². The summed E-state index contributed by atoms with van der Waals surface area (Å²) in [5, 5.41) is 7.11. The van der Waals surface area contributed by atoms with Crippen LogP contribution in [0.3, 0.4) is 0 Å². The van der Waals surface area contributed by atoms with Gasteiger partial charge in [-0.15, -0.1) is 0 Å². The minimum Gasteiger partial charge on any atom is -0.497 e. The number of nitrogens with one attached hydrogen (secondary N) is 1. The zero-order chi connectivity index (χ0) is 20.1. The lowest BCUT2D eigenvalue weighted by Gasteiger charge is -2.25. The predicted molar refractivity (Wildman–Crippen MR) is 108 cm³/mol. The van der Waals surface area contributed by atoms with Crippen LogP contribution in [0.5, 0.6) is 5.75 Å². The van der Waals surface area contributed by atoms with Crippen LogP contribution in [-0.4, -0.2) is 68.2 Å². The van der Waals surface area contributed by atoms with Crippen LogP contribution in [0.1, 0.15) is 18.5 Å². The average Bonchev–Trinajstić information content (AvgIpc) is 3.07. The first-order valence-electron chi connectivity index (χ1n) is 9.69. The van der Waals surface area contributed by atoms with Crippen molar-refractivity contribution in [2.24, 2.45) is 5.92 Å². The van der Waals surface area contributed by atoms with Crippen molar-refractivity contribution in [3.05, 3.63) is 36.0 Å². The van der Waals surface area contributed by atoms with Crippen molar-refractivity contribution in [1.82, 2.24) is 20.3 Å². The summed E-state index contributed by atoms with van der Waals surface area (Å²) in [6.45, 7) is 2.14. The number of benzene rings is 1. The summed E-state index contributed by atoms with van der Waals surface area (Å²) >= 11 is 0. The lowest BCUT2D eigenvalue weighted by atomic mass is 10.0. The Labute approximate surface area is 166 Å². The summed E-state index contributed by atoms with van der Waals surface area (Å²) in [7, 11) is 7.92. The van der Waals surface area contributed by atoms with Gasteiger partial charge in [-0.2, -0.15) is 0 Å². The van der Waals surface area contributed by atoms with E-state index >= 15 is 0 Å². The van der Waals surface area contributed by atoms with E-state index in [9.17, 15) is 4.79 Å². The molecule has 0 saturated carbocycles. The second kappa shape index (κ2) is 9.21. The molecule has 1 N–H and O–H groups in total. The SMILES string of the molecule is COc1cccc(-c2cc(CNC(=O)[C@@H]3CC[C@H](N(C)C)CN(C)C3)no2)c1. The van der Waals surface area contributed by atoms with E-state index in [2.05, 4.69) is 41.4 Å². The van der Waals surface area contributed by atoms with Crippen LogP contribution in [0.4, 0.5) is 0 Å². The van der Waals surface area contributed by atoms with Gasteiger partial charge in [0.25, 0.3) is 0 Å².